The maximum atomic E-state index is 9.33. The van der Waals surface area contributed by atoms with E-state index in [-0.39, 0.29) is 20.4 Å². The Bertz CT molecular complexity index is 1200. The Hall–Kier alpha value is -2.50. The summed E-state index contributed by atoms with van der Waals surface area (Å²) in [5.74, 6) is 0. The molecule has 4 rings (SSSR count). The molecule has 157 valence electrons. The van der Waals surface area contributed by atoms with Crippen LogP contribution in [0.4, 0.5) is 5.69 Å². The first-order chi connectivity index (χ1) is 14.7. The largest absolute Gasteiger partial charge is 0.372 e. The van der Waals surface area contributed by atoms with Crippen LogP contribution in [0.2, 0.25) is 0 Å². The molecule has 0 aliphatic rings. The van der Waals surface area contributed by atoms with Crippen LogP contribution in [0.1, 0.15) is 32.3 Å². The van der Waals surface area contributed by atoms with Crippen LogP contribution in [0, 0.1) is 17.5 Å². The third kappa shape index (κ3) is 5.05. The summed E-state index contributed by atoms with van der Waals surface area (Å²) >= 11 is 1.69. The molecule has 0 spiro atoms. The van der Waals surface area contributed by atoms with Crippen LogP contribution in [0.3, 0.4) is 0 Å². The number of hydrogen-bond acceptors (Lipinski definition) is 4. The number of thiophene rings is 1. The standard InChI is InChI=1S/C26H24N3S.Re/c1-3-13-29(14-4-2)23-8-7-19-15-21(6-5-20(19)16-23)25-9-10-26(30-25)24-11-12-28-18-22(24)17-27;/h5-12,15-16H,3-4,13-14H2,1-2H3;/q-1;. The van der Waals surface area contributed by atoms with Gasteiger partial charge in [-0.1, -0.05) is 55.4 Å². The number of fused-ring (bicyclic) bond motifs is 1. The summed E-state index contributed by atoms with van der Waals surface area (Å²) in [5, 5.41) is 11.8. The van der Waals surface area contributed by atoms with Gasteiger partial charge in [0.1, 0.15) is 0 Å². The van der Waals surface area contributed by atoms with Crippen LogP contribution in [-0.2, 0) is 20.4 Å². The quantitative estimate of drug-likeness (QED) is 0.217. The molecule has 0 saturated carbocycles. The summed E-state index contributed by atoms with van der Waals surface area (Å²) in [7, 11) is 0. The third-order valence-electron chi connectivity index (χ3n) is 5.21. The number of nitriles is 1. The Labute approximate surface area is 202 Å². The molecular formula is C26H24N3ReS-. The number of pyridine rings is 1. The van der Waals surface area contributed by atoms with E-state index in [0.29, 0.717) is 5.56 Å². The number of anilines is 1. The first-order valence-electron chi connectivity index (χ1n) is 10.4. The van der Waals surface area contributed by atoms with Gasteiger partial charge in [-0.05, 0) is 70.6 Å². The van der Waals surface area contributed by atoms with Crippen molar-refractivity contribution in [1.82, 2.24) is 4.98 Å². The molecule has 0 aliphatic carbocycles. The van der Waals surface area contributed by atoms with Gasteiger partial charge in [0.15, 0.2) is 0 Å². The van der Waals surface area contributed by atoms with Crippen LogP contribution in [-0.4, -0.2) is 18.1 Å². The van der Waals surface area contributed by atoms with Crippen molar-refractivity contribution in [2.24, 2.45) is 0 Å². The first kappa shape index (κ1) is 23.2. The minimum atomic E-state index is 0. The van der Waals surface area contributed by atoms with Gasteiger partial charge < -0.3 is 9.88 Å². The molecule has 0 amide bonds. The normalized spacial score (nSPS) is 10.5. The van der Waals surface area contributed by atoms with Gasteiger partial charge in [-0.2, -0.15) is 0 Å². The van der Waals surface area contributed by atoms with Gasteiger partial charge in [0, 0.05) is 44.1 Å². The molecule has 0 N–H and O–H groups in total. The summed E-state index contributed by atoms with van der Waals surface area (Å²) in [6, 6.07) is 21.7. The van der Waals surface area contributed by atoms with Crippen molar-refractivity contribution in [3.05, 3.63) is 72.6 Å². The van der Waals surface area contributed by atoms with Crippen molar-refractivity contribution in [2.45, 2.75) is 26.7 Å². The average molecular weight is 597 g/mol. The number of aromatic nitrogens is 1. The van der Waals surface area contributed by atoms with E-state index in [1.807, 2.05) is 6.07 Å². The zero-order chi connectivity index (χ0) is 20.9. The Morgan fingerprint density at radius 1 is 0.935 bits per heavy atom. The van der Waals surface area contributed by atoms with Crippen molar-refractivity contribution in [3.8, 4) is 27.0 Å². The first-order valence-corrected chi connectivity index (χ1v) is 11.2. The van der Waals surface area contributed by atoms with Gasteiger partial charge >= 0.3 is 0 Å². The second-order valence-corrected chi connectivity index (χ2v) is 8.44. The number of benzene rings is 2. The second kappa shape index (κ2) is 10.7. The fourth-order valence-electron chi connectivity index (χ4n) is 3.78. The number of hydrogen-bond donors (Lipinski definition) is 0. The van der Waals surface area contributed by atoms with Crippen LogP contribution in [0.15, 0.2) is 60.8 Å². The smallest absolute Gasteiger partial charge is 0.0372 e. The summed E-state index contributed by atoms with van der Waals surface area (Å²) in [6.45, 7) is 6.64. The van der Waals surface area contributed by atoms with E-state index in [0.717, 1.165) is 36.4 Å². The monoisotopic (exact) mass is 597 g/mol. The van der Waals surface area contributed by atoms with E-state index in [9.17, 15) is 5.26 Å². The molecule has 2 aromatic carbocycles. The molecule has 0 fully saturated rings. The molecule has 0 saturated heterocycles. The average Bonchev–Trinajstić information content (AvgIpc) is 3.28. The maximum absolute atomic E-state index is 9.33. The van der Waals surface area contributed by atoms with Crippen LogP contribution >= 0.6 is 11.3 Å². The minimum absolute atomic E-state index is 0. The van der Waals surface area contributed by atoms with Gasteiger partial charge in [-0.3, -0.25) is 5.26 Å². The minimum Gasteiger partial charge on any atom is -0.372 e. The molecule has 1 radical (unpaired) electrons. The summed E-state index contributed by atoms with van der Waals surface area (Å²) in [6.07, 6.45) is 6.77. The van der Waals surface area contributed by atoms with Crippen molar-refractivity contribution < 1.29 is 20.4 Å². The molecule has 3 nitrogen and oxygen atoms in total. The zero-order valence-corrected chi connectivity index (χ0v) is 21.3. The molecule has 31 heavy (non-hydrogen) atoms. The van der Waals surface area contributed by atoms with Crippen molar-refractivity contribution in [1.29, 1.82) is 5.26 Å². The molecular weight excluding hydrogens is 573 g/mol. The Morgan fingerprint density at radius 3 is 2.39 bits per heavy atom. The number of nitrogens with zero attached hydrogens (tertiary/aromatic N) is 3. The van der Waals surface area contributed by atoms with Gasteiger partial charge in [0.2, 0.25) is 0 Å². The number of rotatable bonds is 7. The molecule has 4 aromatic rings. The molecule has 5 heteroatoms. The SMILES string of the molecule is CCCN(CCC)c1ccc2cc(-c3ccc(-c4ccn[c-]c4C#N)s3)ccc2c1.[Re]. The molecule has 2 heterocycles. The zero-order valence-electron chi connectivity index (χ0n) is 17.7. The third-order valence-corrected chi connectivity index (χ3v) is 6.37. The molecule has 0 bridgehead atoms. The van der Waals surface area contributed by atoms with Crippen LogP contribution in [0.5, 0.6) is 0 Å². The molecule has 2 aromatic heterocycles. The van der Waals surface area contributed by atoms with E-state index in [1.165, 1.54) is 26.9 Å². The van der Waals surface area contributed by atoms with E-state index < -0.39 is 0 Å². The summed E-state index contributed by atoms with van der Waals surface area (Å²) < 4.78 is 0. The summed E-state index contributed by atoms with van der Waals surface area (Å²) in [5.41, 5.74) is 3.87. The predicted octanol–water partition coefficient (Wildman–Crippen LogP) is 6.93. The van der Waals surface area contributed by atoms with Crippen molar-refractivity contribution in [3.63, 3.8) is 0 Å². The van der Waals surface area contributed by atoms with Crippen LogP contribution in [0.25, 0.3) is 31.7 Å². The van der Waals surface area contributed by atoms with Gasteiger partial charge in [0.05, 0.1) is 0 Å². The maximum Gasteiger partial charge on any atom is 0.0372 e. The second-order valence-electron chi connectivity index (χ2n) is 7.35. The Morgan fingerprint density at radius 2 is 1.65 bits per heavy atom. The van der Waals surface area contributed by atoms with E-state index >= 15 is 0 Å². The Kier molecular flexibility index (Phi) is 7.99. The molecule has 0 unspecified atom stereocenters. The fraction of sp³-hybridized carbons (Fsp3) is 0.231. The van der Waals surface area contributed by atoms with E-state index in [4.69, 9.17) is 0 Å². The van der Waals surface area contributed by atoms with Crippen molar-refractivity contribution in [2.75, 3.05) is 18.0 Å². The van der Waals surface area contributed by atoms with Gasteiger partial charge in [-0.25, -0.2) is 0 Å². The Balaban J connectivity index is 0.00000272. The predicted molar refractivity (Wildman–Crippen MR) is 127 cm³/mol. The van der Waals surface area contributed by atoms with Crippen LogP contribution < -0.4 is 4.90 Å². The fourth-order valence-corrected chi connectivity index (χ4v) is 4.81. The topological polar surface area (TPSA) is 39.9 Å². The summed E-state index contributed by atoms with van der Waals surface area (Å²) in [4.78, 5) is 8.66. The molecule has 0 atom stereocenters. The molecule has 0 aliphatic heterocycles. The van der Waals surface area contributed by atoms with E-state index in [2.05, 4.69) is 84.5 Å². The van der Waals surface area contributed by atoms with Gasteiger partial charge in [-0.15, -0.1) is 17.4 Å². The van der Waals surface area contributed by atoms with Crippen molar-refractivity contribution >= 4 is 27.8 Å². The van der Waals surface area contributed by atoms with E-state index in [1.54, 1.807) is 17.5 Å². The van der Waals surface area contributed by atoms with Gasteiger partial charge in [0.25, 0.3) is 0 Å².